The summed E-state index contributed by atoms with van der Waals surface area (Å²) >= 11 is 0. The molecule has 0 radical (unpaired) electrons. The molecular weight excluding hydrogens is 238 g/mol. The molecule has 2 unspecified atom stereocenters. The second kappa shape index (κ2) is 6.40. The van der Waals surface area contributed by atoms with E-state index < -0.39 is 6.10 Å². The van der Waals surface area contributed by atoms with Gasteiger partial charge in [0.15, 0.2) is 0 Å². The third-order valence-corrected chi connectivity index (χ3v) is 3.14. The van der Waals surface area contributed by atoms with Gasteiger partial charge >= 0.3 is 0 Å². The van der Waals surface area contributed by atoms with Gasteiger partial charge in [-0.3, -0.25) is 0 Å². The smallest absolute Gasteiger partial charge is 0.124 e. The van der Waals surface area contributed by atoms with E-state index in [1.165, 1.54) is 0 Å². The summed E-state index contributed by atoms with van der Waals surface area (Å²) in [5.74, 6) is 0.743. The minimum Gasteiger partial charge on any atom is -0.496 e. The van der Waals surface area contributed by atoms with E-state index in [9.17, 15) is 5.11 Å². The van der Waals surface area contributed by atoms with Gasteiger partial charge < -0.3 is 15.2 Å². The number of hydrogen-bond acceptors (Lipinski definition) is 3. The van der Waals surface area contributed by atoms with Crippen molar-refractivity contribution in [2.24, 2.45) is 0 Å². The molecule has 19 heavy (non-hydrogen) atoms. The monoisotopic (exact) mass is 265 g/mol. The van der Waals surface area contributed by atoms with Gasteiger partial charge in [-0.2, -0.15) is 0 Å². The van der Waals surface area contributed by atoms with Crippen LogP contribution in [0.15, 0.2) is 18.2 Å². The fourth-order valence-corrected chi connectivity index (χ4v) is 2.26. The van der Waals surface area contributed by atoms with E-state index in [1.807, 2.05) is 25.1 Å². The Hall–Kier alpha value is -1.06. The van der Waals surface area contributed by atoms with Crippen molar-refractivity contribution in [3.8, 4) is 5.75 Å². The molecule has 2 N–H and O–H groups in total. The number of methoxy groups -OCH3 is 1. The van der Waals surface area contributed by atoms with Crippen LogP contribution in [0.25, 0.3) is 0 Å². The standard InChI is InChI=1S/C16H27NO2/c1-7-13(17-16(3,4)5)15(18)12-10-11(2)8-9-14(12)19-6/h8-10,13,15,17-18H,7H2,1-6H3. The third kappa shape index (κ3) is 4.51. The first kappa shape index (κ1) is 16.0. The van der Waals surface area contributed by atoms with E-state index in [0.717, 1.165) is 23.3 Å². The first-order valence-corrected chi connectivity index (χ1v) is 6.88. The molecule has 1 rings (SSSR count). The minimum absolute atomic E-state index is 0.00991. The molecule has 0 saturated carbocycles. The zero-order valence-electron chi connectivity index (χ0n) is 12.9. The molecule has 108 valence electrons. The van der Waals surface area contributed by atoms with Crippen LogP contribution < -0.4 is 10.1 Å². The zero-order chi connectivity index (χ0) is 14.6. The van der Waals surface area contributed by atoms with Crippen molar-refractivity contribution in [1.29, 1.82) is 0 Å². The number of aliphatic hydroxyl groups excluding tert-OH is 1. The third-order valence-electron chi connectivity index (χ3n) is 3.14. The van der Waals surface area contributed by atoms with Crippen molar-refractivity contribution >= 4 is 0 Å². The Balaban J connectivity index is 3.02. The molecule has 0 saturated heterocycles. The number of ether oxygens (including phenoxy) is 1. The van der Waals surface area contributed by atoms with Crippen molar-refractivity contribution in [2.45, 2.75) is 58.7 Å². The van der Waals surface area contributed by atoms with Gasteiger partial charge in [0.25, 0.3) is 0 Å². The van der Waals surface area contributed by atoms with Crippen LogP contribution in [-0.4, -0.2) is 23.8 Å². The van der Waals surface area contributed by atoms with Crippen LogP contribution in [0, 0.1) is 6.92 Å². The number of hydrogen-bond donors (Lipinski definition) is 2. The molecule has 0 aromatic heterocycles. The molecule has 0 aliphatic rings. The molecule has 2 atom stereocenters. The van der Waals surface area contributed by atoms with Crippen molar-refractivity contribution in [2.75, 3.05) is 7.11 Å². The van der Waals surface area contributed by atoms with E-state index in [1.54, 1.807) is 7.11 Å². The first-order valence-electron chi connectivity index (χ1n) is 6.88. The molecule has 0 bridgehead atoms. The fraction of sp³-hybridized carbons (Fsp3) is 0.625. The van der Waals surface area contributed by atoms with Gasteiger partial charge in [0, 0.05) is 17.1 Å². The second-order valence-corrected chi connectivity index (χ2v) is 6.10. The number of aryl methyl sites for hydroxylation is 1. The molecule has 3 nitrogen and oxygen atoms in total. The molecule has 0 aliphatic heterocycles. The lowest BCUT2D eigenvalue weighted by atomic mass is 9.95. The van der Waals surface area contributed by atoms with Crippen molar-refractivity contribution in [1.82, 2.24) is 5.32 Å². The highest BCUT2D eigenvalue weighted by Crippen LogP contribution is 2.30. The largest absolute Gasteiger partial charge is 0.496 e. The molecule has 0 aliphatic carbocycles. The van der Waals surface area contributed by atoms with Gasteiger partial charge in [-0.25, -0.2) is 0 Å². The Kier molecular flexibility index (Phi) is 5.39. The topological polar surface area (TPSA) is 41.5 Å². The molecule has 0 heterocycles. The Labute approximate surface area is 117 Å². The van der Waals surface area contributed by atoms with Gasteiger partial charge in [0.2, 0.25) is 0 Å². The average Bonchev–Trinajstić information content (AvgIpc) is 2.34. The predicted octanol–water partition coefficient (Wildman–Crippen LogP) is 3.20. The zero-order valence-corrected chi connectivity index (χ0v) is 12.9. The SMILES string of the molecule is CCC(NC(C)(C)C)C(O)c1cc(C)ccc1OC. The summed E-state index contributed by atoms with van der Waals surface area (Å²) in [6.07, 6.45) is 0.286. The van der Waals surface area contributed by atoms with Crippen LogP contribution in [-0.2, 0) is 0 Å². The summed E-state index contributed by atoms with van der Waals surface area (Å²) in [6.45, 7) is 10.4. The normalized spacial score (nSPS) is 15.1. The first-order chi connectivity index (χ1) is 8.78. The summed E-state index contributed by atoms with van der Waals surface area (Å²) in [7, 11) is 1.64. The van der Waals surface area contributed by atoms with Crippen molar-refractivity contribution < 1.29 is 9.84 Å². The highest BCUT2D eigenvalue weighted by atomic mass is 16.5. The summed E-state index contributed by atoms with van der Waals surface area (Å²) in [4.78, 5) is 0. The summed E-state index contributed by atoms with van der Waals surface area (Å²) in [5, 5.41) is 14.1. The fourth-order valence-electron chi connectivity index (χ4n) is 2.26. The van der Waals surface area contributed by atoms with Gasteiger partial charge in [-0.05, 0) is 46.2 Å². The highest BCUT2D eigenvalue weighted by Gasteiger charge is 2.26. The number of nitrogens with one attached hydrogen (secondary N) is 1. The van der Waals surface area contributed by atoms with Crippen LogP contribution in [0.3, 0.4) is 0 Å². The lowest BCUT2D eigenvalue weighted by Crippen LogP contribution is -2.46. The minimum atomic E-state index is -0.570. The maximum Gasteiger partial charge on any atom is 0.124 e. The molecule has 0 amide bonds. The number of benzene rings is 1. The number of aliphatic hydroxyl groups is 1. The van der Waals surface area contributed by atoms with Gasteiger partial charge in [-0.1, -0.05) is 18.6 Å². The lowest BCUT2D eigenvalue weighted by Gasteiger charge is -2.32. The van der Waals surface area contributed by atoms with Crippen LogP contribution in [0.4, 0.5) is 0 Å². The predicted molar refractivity (Wildman–Crippen MR) is 79.7 cm³/mol. The van der Waals surface area contributed by atoms with E-state index in [-0.39, 0.29) is 11.6 Å². The summed E-state index contributed by atoms with van der Waals surface area (Å²) in [5.41, 5.74) is 1.95. The van der Waals surface area contributed by atoms with Gasteiger partial charge in [0.1, 0.15) is 5.75 Å². The molecular formula is C16H27NO2. The maximum absolute atomic E-state index is 10.6. The molecule has 1 aromatic carbocycles. The van der Waals surface area contributed by atoms with E-state index in [4.69, 9.17) is 4.74 Å². The van der Waals surface area contributed by atoms with E-state index >= 15 is 0 Å². The van der Waals surface area contributed by atoms with Crippen molar-refractivity contribution in [3.63, 3.8) is 0 Å². The van der Waals surface area contributed by atoms with Gasteiger partial charge in [0.05, 0.1) is 13.2 Å². The molecule has 0 spiro atoms. The van der Waals surface area contributed by atoms with Crippen LogP contribution >= 0.6 is 0 Å². The summed E-state index contributed by atoms with van der Waals surface area (Å²) in [6, 6.07) is 5.91. The highest BCUT2D eigenvalue weighted by molar-refractivity contribution is 5.39. The van der Waals surface area contributed by atoms with Crippen molar-refractivity contribution in [3.05, 3.63) is 29.3 Å². The second-order valence-electron chi connectivity index (χ2n) is 6.10. The lowest BCUT2D eigenvalue weighted by molar-refractivity contribution is 0.108. The van der Waals surface area contributed by atoms with E-state index in [2.05, 4.69) is 33.0 Å². The molecule has 1 aromatic rings. The maximum atomic E-state index is 10.6. The Morgan fingerprint density at radius 2 is 1.95 bits per heavy atom. The van der Waals surface area contributed by atoms with Crippen LogP contribution in [0.2, 0.25) is 0 Å². The average molecular weight is 265 g/mol. The quantitative estimate of drug-likeness (QED) is 0.859. The van der Waals surface area contributed by atoms with Gasteiger partial charge in [-0.15, -0.1) is 0 Å². The Morgan fingerprint density at radius 1 is 1.32 bits per heavy atom. The number of rotatable bonds is 5. The summed E-state index contributed by atoms with van der Waals surface area (Å²) < 4.78 is 5.36. The van der Waals surface area contributed by atoms with E-state index in [0.29, 0.717) is 0 Å². The Morgan fingerprint density at radius 3 is 2.42 bits per heavy atom. The molecule has 0 fully saturated rings. The van der Waals surface area contributed by atoms with Crippen LogP contribution in [0.5, 0.6) is 5.75 Å². The Bertz CT molecular complexity index is 410. The molecule has 3 heteroatoms. The van der Waals surface area contributed by atoms with Crippen LogP contribution in [0.1, 0.15) is 51.3 Å².